The van der Waals surface area contributed by atoms with E-state index >= 15 is 0 Å². The molecule has 0 aliphatic carbocycles. The van der Waals surface area contributed by atoms with Crippen LogP contribution < -0.4 is 5.32 Å². The van der Waals surface area contributed by atoms with Crippen molar-refractivity contribution in [2.24, 2.45) is 0 Å². The number of carboxylic acids is 1. The predicted molar refractivity (Wildman–Crippen MR) is 183 cm³/mol. The molecular weight excluding hydrogens is 678 g/mol. The molecular formula is C34H65NO16. The number of ether oxygens (including phenoxy) is 13. The third-order valence-electron chi connectivity index (χ3n) is 6.74. The fourth-order valence-electron chi connectivity index (χ4n) is 4.09. The minimum atomic E-state index is -0.983. The molecule has 1 amide bonds. The van der Waals surface area contributed by atoms with Gasteiger partial charge in [-0.25, -0.2) is 0 Å². The molecule has 0 bridgehead atoms. The van der Waals surface area contributed by atoms with E-state index in [1.807, 2.05) is 0 Å². The number of carbonyl (C=O) groups is 2. The molecule has 51 heavy (non-hydrogen) atoms. The Hall–Kier alpha value is -1.58. The van der Waals surface area contributed by atoms with Gasteiger partial charge in [-0.3, -0.25) is 9.59 Å². The average molecular weight is 744 g/mol. The first-order valence-corrected chi connectivity index (χ1v) is 18.3. The van der Waals surface area contributed by atoms with Crippen molar-refractivity contribution in [3.05, 3.63) is 0 Å². The van der Waals surface area contributed by atoms with E-state index in [-0.39, 0.29) is 25.0 Å². The van der Waals surface area contributed by atoms with E-state index in [1.54, 1.807) is 0 Å². The summed E-state index contributed by atoms with van der Waals surface area (Å²) in [7, 11) is 0. The summed E-state index contributed by atoms with van der Waals surface area (Å²) in [6.45, 7) is 12.6. The summed E-state index contributed by atoms with van der Waals surface area (Å²) >= 11 is 0. The molecule has 0 radical (unpaired) electrons. The zero-order valence-corrected chi connectivity index (χ0v) is 30.6. The maximum Gasteiger partial charge on any atom is 0.303 e. The van der Waals surface area contributed by atoms with Gasteiger partial charge in [0, 0.05) is 26.2 Å². The predicted octanol–water partition coefficient (Wildman–Crippen LogP) is 1.08. The summed E-state index contributed by atoms with van der Waals surface area (Å²) in [6, 6.07) is 0. The number of aliphatic carboxylic acids is 1. The molecule has 17 heteroatoms. The average Bonchev–Trinajstić information content (AvgIpc) is 3.14. The Kier molecular flexibility index (Phi) is 36.9. The van der Waals surface area contributed by atoms with Crippen molar-refractivity contribution in [3.8, 4) is 0 Å². The second-order valence-electron chi connectivity index (χ2n) is 11.0. The van der Waals surface area contributed by atoms with Gasteiger partial charge in [-0.1, -0.05) is 0 Å². The van der Waals surface area contributed by atoms with Crippen LogP contribution in [0.3, 0.4) is 0 Å². The van der Waals surface area contributed by atoms with Gasteiger partial charge in [0.1, 0.15) is 0 Å². The molecule has 0 aromatic rings. The maximum absolute atomic E-state index is 11.4. The zero-order chi connectivity index (χ0) is 36.6. The largest absolute Gasteiger partial charge is 0.481 e. The Bertz CT molecular complexity index is 747. The van der Waals surface area contributed by atoms with Gasteiger partial charge in [0.25, 0.3) is 0 Å². The molecule has 1 fully saturated rings. The fourth-order valence-corrected chi connectivity index (χ4v) is 4.09. The van der Waals surface area contributed by atoms with E-state index in [2.05, 4.69) is 5.32 Å². The number of nitrogens with one attached hydrogen (secondary N) is 1. The molecule has 1 aliphatic rings. The third-order valence-corrected chi connectivity index (χ3v) is 6.74. The first-order chi connectivity index (χ1) is 25.2. The van der Waals surface area contributed by atoms with Crippen LogP contribution >= 0.6 is 0 Å². The summed E-state index contributed by atoms with van der Waals surface area (Å²) in [6.07, 6.45) is 3.64. The van der Waals surface area contributed by atoms with Crippen molar-refractivity contribution in [3.63, 3.8) is 0 Å². The van der Waals surface area contributed by atoms with E-state index in [4.69, 9.17) is 66.7 Å². The number of hydrogen-bond acceptors (Lipinski definition) is 15. The summed E-state index contributed by atoms with van der Waals surface area (Å²) in [4.78, 5) is 21.8. The number of amides is 1. The van der Waals surface area contributed by atoms with Crippen molar-refractivity contribution in [2.45, 2.75) is 44.8 Å². The molecule has 17 nitrogen and oxygen atoms in total. The maximum atomic E-state index is 11.4. The first-order valence-electron chi connectivity index (χ1n) is 18.3. The van der Waals surface area contributed by atoms with Gasteiger partial charge in [0.15, 0.2) is 6.29 Å². The number of carboxylic acid groups (broad SMARTS) is 1. The van der Waals surface area contributed by atoms with Gasteiger partial charge >= 0.3 is 5.97 Å². The Morgan fingerprint density at radius 3 is 1.18 bits per heavy atom. The summed E-state index contributed by atoms with van der Waals surface area (Å²) in [5.41, 5.74) is 0. The molecule has 1 atom stereocenters. The second kappa shape index (κ2) is 39.6. The minimum absolute atomic E-state index is 0.0109. The fraction of sp³-hybridized carbons (Fsp3) is 0.941. The Balaban J connectivity index is 1.61. The number of carbonyl (C=O) groups excluding carboxylic acids is 1. The Morgan fingerprint density at radius 2 is 0.843 bits per heavy atom. The van der Waals surface area contributed by atoms with Gasteiger partial charge in [-0.05, 0) is 25.7 Å². The first kappa shape index (κ1) is 47.4. The van der Waals surface area contributed by atoms with Gasteiger partial charge in [-0.2, -0.15) is 0 Å². The van der Waals surface area contributed by atoms with Gasteiger partial charge in [0.05, 0.1) is 152 Å². The number of rotatable bonds is 41. The summed E-state index contributed by atoms with van der Waals surface area (Å²) in [5.74, 6) is -1.25. The molecule has 1 heterocycles. The lowest BCUT2D eigenvalue weighted by Crippen LogP contribution is -2.25. The van der Waals surface area contributed by atoms with Gasteiger partial charge in [0.2, 0.25) is 5.91 Å². The number of hydrogen-bond donors (Lipinski definition) is 2. The van der Waals surface area contributed by atoms with E-state index in [1.165, 1.54) is 0 Å². The van der Waals surface area contributed by atoms with Crippen molar-refractivity contribution in [1.82, 2.24) is 5.32 Å². The van der Waals surface area contributed by atoms with E-state index in [0.29, 0.717) is 165 Å². The summed E-state index contributed by atoms with van der Waals surface area (Å²) in [5, 5.41) is 11.2. The van der Waals surface area contributed by atoms with Gasteiger partial charge < -0.3 is 72.0 Å². The quantitative estimate of drug-likeness (QED) is 0.0847. The van der Waals surface area contributed by atoms with Crippen LogP contribution in [0.5, 0.6) is 0 Å². The van der Waals surface area contributed by atoms with Crippen LogP contribution in [-0.4, -0.2) is 188 Å². The van der Waals surface area contributed by atoms with Crippen molar-refractivity contribution < 1.29 is 76.3 Å². The van der Waals surface area contributed by atoms with Crippen molar-refractivity contribution in [2.75, 3.05) is 165 Å². The van der Waals surface area contributed by atoms with E-state index in [9.17, 15) is 9.59 Å². The van der Waals surface area contributed by atoms with Crippen LogP contribution in [0.4, 0.5) is 0 Å². The normalized spacial score (nSPS) is 14.6. The van der Waals surface area contributed by atoms with Crippen LogP contribution in [0.15, 0.2) is 0 Å². The van der Waals surface area contributed by atoms with Crippen LogP contribution in [0.25, 0.3) is 0 Å². The highest BCUT2D eigenvalue weighted by Gasteiger charge is 2.13. The Labute approximate surface area is 303 Å². The van der Waals surface area contributed by atoms with Crippen LogP contribution in [0.2, 0.25) is 0 Å². The molecule has 1 rings (SSSR count). The second-order valence-corrected chi connectivity index (χ2v) is 11.0. The highest BCUT2D eigenvalue weighted by Crippen LogP contribution is 2.13. The molecule has 1 unspecified atom stereocenters. The van der Waals surface area contributed by atoms with Crippen molar-refractivity contribution >= 4 is 11.9 Å². The smallest absolute Gasteiger partial charge is 0.303 e. The highest BCUT2D eigenvalue weighted by molar-refractivity contribution is 5.80. The molecule has 1 aliphatic heterocycles. The molecule has 0 saturated carbocycles. The molecule has 2 N–H and O–H groups in total. The minimum Gasteiger partial charge on any atom is -0.481 e. The molecule has 0 aromatic carbocycles. The molecule has 1 saturated heterocycles. The molecule has 0 aromatic heterocycles. The molecule has 302 valence electrons. The van der Waals surface area contributed by atoms with Crippen molar-refractivity contribution in [1.29, 1.82) is 0 Å². The lowest BCUT2D eigenvalue weighted by molar-refractivity contribution is -0.169. The third kappa shape index (κ3) is 38.0. The van der Waals surface area contributed by atoms with E-state index < -0.39 is 5.97 Å². The van der Waals surface area contributed by atoms with Crippen LogP contribution in [0.1, 0.15) is 38.5 Å². The standard InChI is InChI=1S/C34H65NO16/c36-32(5-6-33(37)38)35-7-3-8-39-10-11-40-12-13-41-14-15-42-16-17-43-18-19-44-20-21-45-22-23-46-24-25-47-26-27-48-28-29-49-30-31-51-34-4-1-2-9-50-34/h34H,1-31H2,(H,35,36)(H,37,38). The summed E-state index contributed by atoms with van der Waals surface area (Å²) < 4.78 is 71.2. The van der Waals surface area contributed by atoms with Crippen LogP contribution in [-0.2, 0) is 71.2 Å². The van der Waals surface area contributed by atoms with Gasteiger partial charge in [-0.15, -0.1) is 0 Å². The SMILES string of the molecule is O=C(O)CCC(=O)NCCCOCCOCCOCCOCCOCCOCCOCCOCCOCCOCCOCCOC1CCCCO1. The zero-order valence-electron chi connectivity index (χ0n) is 30.6. The van der Waals surface area contributed by atoms with Crippen LogP contribution in [0, 0.1) is 0 Å². The lowest BCUT2D eigenvalue weighted by atomic mass is 10.2. The Morgan fingerprint density at radius 1 is 0.490 bits per heavy atom. The topological polar surface area (TPSA) is 186 Å². The lowest BCUT2D eigenvalue weighted by Gasteiger charge is -2.22. The highest BCUT2D eigenvalue weighted by atomic mass is 16.7. The monoisotopic (exact) mass is 743 g/mol. The molecule has 0 spiro atoms. The van der Waals surface area contributed by atoms with E-state index in [0.717, 1.165) is 25.9 Å².